The van der Waals surface area contributed by atoms with Crippen LogP contribution >= 0.6 is 11.8 Å². The predicted molar refractivity (Wildman–Crippen MR) is 163 cm³/mol. The van der Waals surface area contributed by atoms with Gasteiger partial charge in [-0.2, -0.15) is 0 Å². The molecule has 2 N–H and O–H groups in total. The average molecular weight is 611 g/mol. The quantitative estimate of drug-likeness (QED) is 0.109. The first kappa shape index (κ1) is 29.9. The highest BCUT2D eigenvalue weighted by molar-refractivity contribution is 8.00. The van der Waals surface area contributed by atoms with E-state index in [1.165, 1.54) is 48.5 Å². The van der Waals surface area contributed by atoms with Gasteiger partial charge < -0.3 is 10.6 Å². The second-order valence-corrected chi connectivity index (χ2v) is 10.8. The molecule has 4 aromatic carbocycles. The maximum atomic E-state index is 14.4. The number of amides is 4. The second kappa shape index (κ2) is 13.1. The Kier molecular flexibility index (Phi) is 8.91. The molecule has 0 aromatic heterocycles. The zero-order valence-electron chi connectivity index (χ0n) is 22.8. The average Bonchev–Trinajstić information content (AvgIpc) is 3.30. The molecule has 4 amide bonds. The van der Waals surface area contributed by atoms with E-state index < -0.39 is 39.6 Å². The summed E-state index contributed by atoms with van der Waals surface area (Å²) in [7, 11) is 0. The van der Waals surface area contributed by atoms with Crippen molar-refractivity contribution in [2.24, 2.45) is 0 Å². The Labute approximate surface area is 254 Å². The standard InChI is InChI=1S/C32H23FN4O6S/c33-26-12-5-4-9-21(26)17-27(35-30(39)20-7-2-1-3-8-20)31(40)34-22-10-6-11-25(18-22)44-28-19-29(38)36(32(28)41)23-13-15-24(16-14-23)37(42)43/h1-18,28H,19H2,(H,34,40)(H,35,39)/b27-17-. The van der Waals surface area contributed by atoms with Crippen molar-refractivity contribution < 1.29 is 28.5 Å². The number of nitro benzene ring substituents is 1. The van der Waals surface area contributed by atoms with Gasteiger partial charge in [0.15, 0.2) is 0 Å². The number of carbonyl (C=O) groups is 4. The maximum Gasteiger partial charge on any atom is 0.272 e. The number of nitrogens with one attached hydrogen (secondary N) is 2. The lowest BCUT2D eigenvalue weighted by atomic mass is 10.1. The van der Waals surface area contributed by atoms with Crippen molar-refractivity contribution in [1.82, 2.24) is 5.32 Å². The highest BCUT2D eigenvalue weighted by Gasteiger charge is 2.40. The van der Waals surface area contributed by atoms with Crippen LogP contribution < -0.4 is 15.5 Å². The number of thioether (sulfide) groups is 1. The summed E-state index contributed by atoms with van der Waals surface area (Å²) in [4.78, 5) is 63.9. The van der Waals surface area contributed by atoms with E-state index in [1.807, 2.05) is 0 Å². The molecule has 5 rings (SSSR count). The fraction of sp³-hybridized carbons (Fsp3) is 0.0625. The van der Waals surface area contributed by atoms with Crippen molar-refractivity contribution in [2.45, 2.75) is 16.6 Å². The van der Waals surface area contributed by atoms with E-state index in [-0.39, 0.29) is 29.1 Å². The molecule has 4 aromatic rings. The van der Waals surface area contributed by atoms with Gasteiger partial charge in [0.05, 0.1) is 15.9 Å². The van der Waals surface area contributed by atoms with Crippen molar-refractivity contribution in [3.8, 4) is 0 Å². The molecule has 1 heterocycles. The van der Waals surface area contributed by atoms with Crippen LogP contribution in [0, 0.1) is 15.9 Å². The number of halogens is 1. The summed E-state index contributed by atoms with van der Waals surface area (Å²) < 4.78 is 14.4. The van der Waals surface area contributed by atoms with E-state index >= 15 is 0 Å². The third-order valence-electron chi connectivity index (χ3n) is 6.53. The van der Waals surface area contributed by atoms with Crippen LogP contribution in [0.4, 0.5) is 21.5 Å². The molecule has 0 radical (unpaired) electrons. The van der Waals surface area contributed by atoms with Crippen LogP contribution in [0.15, 0.2) is 114 Å². The molecule has 0 bridgehead atoms. The Bertz CT molecular complexity index is 1800. The number of rotatable bonds is 9. The molecule has 1 saturated heterocycles. The number of benzene rings is 4. The first-order valence-corrected chi connectivity index (χ1v) is 14.1. The number of hydrogen-bond acceptors (Lipinski definition) is 7. The highest BCUT2D eigenvalue weighted by Crippen LogP contribution is 2.35. The first-order chi connectivity index (χ1) is 21.2. The van der Waals surface area contributed by atoms with Crippen molar-refractivity contribution in [3.63, 3.8) is 0 Å². The molecule has 0 aliphatic carbocycles. The minimum Gasteiger partial charge on any atom is -0.321 e. The summed E-state index contributed by atoms with van der Waals surface area (Å²) in [6.45, 7) is 0. The minimum atomic E-state index is -0.759. The monoisotopic (exact) mass is 610 g/mol. The molecule has 10 nitrogen and oxygen atoms in total. The number of anilines is 2. The van der Waals surface area contributed by atoms with Crippen molar-refractivity contribution >= 4 is 58.5 Å². The van der Waals surface area contributed by atoms with Gasteiger partial charge in [0.2, 0.25) is 11.8 Å². The zero-order chi connectivity index (χ0) is 31.2. The normalized spacial score (nSPS) is 14.8. The van der Waals surface area contributed by atoms with Crippen LogP contribution in [0.1, 0.15) is 22.3 Å². The summed E-state index contributed by atoms with van der Waals surface area (Å²) in [5, 5.41) is 15.4. The van der Waals surface area contributed by atoms with Gasteiger partial charge >= 0.3 is 0 Å². The molecular weight excluding hydrogens is 587 g/mol. The summed E-state index contributed by atoms with van der Waals surface area (Å²) in [6, 6.07) is 25.8. The Hall–Kier alpha value is -5.62. The van der Waals surface area contributed by atoms with Crippen LogP contribution in [-0.4, -0.2) is 33.8 Å². The molecule has 1 fully saturated rings. The van der Waals surface area contributed by atoms with E-state index in [0.29, 0.717) is 16.1 Å². The third-order valence-corrected chi connectivity index (χ3v) is 7.71. The minimum absolute atomic E-state index is 0.0852. The van der Waals surface area contributed by atoms with E-state index in [4.69, 9.17) is 0 Å². The molecule has 44 heavy (non-hydrogen) atoms. The van der Waals surface area contributed by atoms with Gasteiger partial charge in [0.1, 0.15) is 11.5 Å². The summed E-state index contributed by atoms with van der Waals surface area (Å²) in [6.07, 6.45) is 1.15. The third kappa shape index (κ3) is 6.88. The fourth-order valence-electron chi connectivity index (χ4n) is 4.39. The Morgan fingerprint density at radius 1 is 0.932 bits per heavy atom. The van der Waals surface area contributed by atoms with Gasteiger partial charge in [-0.05, 0) is 54.6 Å². The second-order valence-electron chi connectivity index (χ2n) is 9.53. The molecule has 220 valence electrons. The zero-order valence-corrected chi connectivity index (χ0v) is 23.6. The summed E-state index contributed by atoms with van der Waals surface area (Å²) in [5.41, 5.74) is 0.606. The number of imide groups is 1. The maximum absolute atomic E-state index is 14.4. The lowest BCUT2D eigenvalue weighted by Gasteiger charge is -2.15. The van der Waals surface area contributed by atoms with Gasteiger partial charge in [0, 0.05) is 40.3 Å². The van der Waals surface area contributed by atoms with Crippen LogP contribution in [0.2, 0.25) is 0 Å². The number of nitro groups is 1. The van der Waals surface area contributed by atoms with Crippen molar-refractivity contribution in [3.05, 3.63) is 136 Å². The SMILES string of the molecule is O=C(Nc1cccc(SC2CC(=O)N(c3ccc([N+](=O)[O-])cc3)C2=O)c1)/C(=C/c1ccccc1F)NC(=O)c1ccccc1. The van der Waals surface area contributed by atoms with Crippen LogP contribution in [0.25, 0.3) is 6.08 Å². The highest BCUT2D eigenvalue weighted by atomic mass is 32.2. The topological polar surface area (TPSA) is 139 Å². The van der Waals surface area contributed by atoms with Crippen molar-refractivity contribution in [2.75, 3.05) is 10.2 Å². The molecule has 0 spiro atoms. The fourth-order valence-corrected chi connectivity index (χ4v) is 5.50. The van der Waals surface area contributed by atoms with Crippen molar-refractivity contribution in [1.29, 1.82) is 0 Å². The van der Waals surface area contributed by atoms with Gasteiger partial charge in [-0.1, -0.05) is 42.5 Å². The molecule has 0 saturated carbocycles. The first-order valence-electron chi connectivity index (χ1n) is 13.2. The van der Waals surface area contributed by atoms with Crippen LogP contribution in [0.3, 0.4) is 0 Å². The molecule has 1 aliphatic rings. The van der Waals surface area contributed by atoms with Crippen LogP contribution in [-0.2, 0) is 14.4 Å². The van der Waals surface area contributed by atoms with E-state index in [0.717, 1.165) is 16.7 Å². The lowest BCUT2D eigenvalue weighted by molar-refractivity contribution is -0.384. The molecular formula is C32H23FN4O6S. The molecule has 1 unspecified atom stereocenters. The van der Waals surface area contributed by atoms with E-state index in [2.05, 4.69) is 10.6 Å². The molecule has 12 heteroatoms. The molecule has 1 atom stereocenters. The number of non-ortho nitro benzene ring substituents is 1. The predicted octanol–water partition coefficient (Wildman–Crippen LogP) is 5.57. The number of carbonyl (C=O) groups excluding carboxylic acids is 4. The van der Waals surface area contributed by atoms with Gasteiger partial charge in [-0.3, -0.25) is 29.3 Å². The number of hydrogen-bond donors (Lipinski definition) is 2. The smallest absolute Gasteiger partial charge is 0.272 e. The Morgan fingerprint density at radius 2 is 1.64 bits per heavy atom. The lowest BCUT2D eigenvalue weighted by Crippen LogP contribution is -2.31. The molecule has 1 aliphatic heterocycles. The van der Waals surface area contributed by atoms with Gasteiger partial charge in [-0.25, -0.2) is 9.29 Å². The summed E-state index contributed by atoms with van der Waals surface area (Å²) >= 11 is 1.13. The van der Waals surface area contributed by atoms with Gasteiger partial charge in [0.25, 0.3) is 17.5 Å². The largest absolute Gasteiger partial charge is 0.321 e. The Morgan fingerprint density at radius 3 is 2.34 bits per heavy atom. The van der Waals surface area contributed by atoms with Crippen LogP contribution in [0.5, 0.6) is 0 Å². The Balaban J connectivity index is 1.32. The number of nitrogens with zero attached hydrogens (tertiary/aromatic N) is 2. The summed E-state index contributed by atoms with van der Waals surface area (Å²) in [5.74, 6) is -2.76. The van der Waals surface area contributed by atoms with E-state index in [1.54, 1.807) is 60.7 Å². The van der Waals surface area contributed by atoms with Gasteiger partial charge in [-0.15, -0.1) is 11.8 Å². The van der Waals surface area contributed by atoms with E-state index in [9.17, 15) is 33.7 Å².